The minimum absolute atomic E-state index is 0.764. The van der Waals surface area contributed by atoms with Crippen molar-refractivity contribution >= 4 is 0 Å². The maximum absolute atomic E-state index is 5.80. The number of nitrogens with zero attached hydrogens (tertiary/aromatic N) is 1. The van der Waals surface area contributed by atoms with Crippen LogP contribution in [-0.4, -0.2) is 51.0 Å². The third-order valence-electron chi connectivity index (χ3n) is 3.55. The van der Waals surface area contributed by atoms with Crippen molar-refractivity contribution in [2.24, 2.45) is 5.92 Å². The van der Waals surface area contributed by atoms with Gasteiger partial charge in [-0.15, -0.1) is 0 Å². The smallest absolute Gasteiger partial charge is 0.0594 e. The second-order valence-electron chi connectivity index (χ2n) is 4.95. The van der Waals surface area contributed by atoms with Crippen LogP contribution in [0.1, 0.15) is 39.5 Å². The molecule has 17 heavy (non-hydrogen) atoms. The van der Waals surface area contributed by atoms with Crippen LogP contribution in [0.5, 0.6) is 0 Å². The van der Waals surface area contributed by atoms with Gasteiger partial charge in [0, 0.05) is 26.2 Å². The van der Waals surface area contributed by atoms with E-state index < -0.39 is 0 Å². The Hall–Kier alpha value is -0.120. The lowest BCUT2D eigenvalue weighted by molar-refractivity contribution is 0.0150. The normalized spacial score (nSPS) is 19.4. The van der Waals surface area contributed by atoms with Gasteiger partial charge in [-0.3, -0.25) is 4.90 Å². The van der Waals surface area contributed by atoms with E-state index in [0.29, 0.717) is 0 Å². The summed E-state index contributed by atoms with van der Waals surface area (Å²) in [6, 6.07) is 0. The summed E-state index contributed by atoms with van der Waals surface area (Å²) in [5.41, 5.74) is 0. The highest BCUT2D eigenvalue weighted by Gasteiger charge is 2.10. The molecule has 0 aromatic carbocycles. The first kappa shape index (κ1) is 14.9. The third-order valence-corrected chi connectivity index (χ3v) is 3.55. The van der Waals surface area contributed by atoms with Crippen LogP contribution in [0, 0.1) is 5.92 Å². The molecular formula is C14H29NO2. The number of unbranched alkanes of at least 4 members (excludes halogenated alkanes) is 1. The molecule has 1 fully saturated rings. The van der Waals surface area contributed by atoms with Crippen LogP contribution in [0.2, 0.25) is 0 Å². The SMILES string of the molecule is CCCC[C@@H](CC)COCCN1CCOCC1. The molecule has 3 heteroatoms. The Morgan fingerprint density at radius 2 is 2.00 bits per heavy atom. The molecule has 0 radical (unpaired) electrons. The molecule has 0 aromatic rings. The Morgan fingerprint density at radius 1 is 1.24 bits per heavy atom. The maximum Gasteiger partial charge on any atom is 0.0594 e. The van der Waals surface area contributed by atoms with Crippen LogP contribution in [0.15, 0.2) is 0 Å². The van der Waals surface area contributed by atoms with Gasteiger partial charge in [-0.05, 0) is 12.3 Å². The first-order valence-electron chi connectivity index (χ1n) is 7.24. The summed E-state index contributed by atoms with van der Waals surface area (Å²) in [7, 11) is 0. The zero-order valence-corrected chi connectivity index (χ0v) is 11.6. The highest BCUT2D eigenvalue weighted by atomic mass is 16.5. The first-order chi connectivity index (χ1) is 8.36. The second-order valence-corrected chi connectivity index (χ2v) is 4.95. The lowest BCUT2D eigenvalue weighted by atomic mass is 10.0. The fourth-order valence-corrected chi connectivity index (χ4v) is 2.17. The van der Waals surface area contributed by atoms with Crippen molar-refractivity contribution in [1.29, 1.82) is 0 Å². The summed E-state index contributed by atoms with van der Waals surface area (Å²) in [6.45, 7) is 11.3. The van der Waals surface area contributed by atoms with Gasteiger partial charge >= 0.3 is 0 Å². The van der Waals surface area contributed by atoms with Gasteiger partial charge in [0.05, 0.1) is 19.8 Å². The predicted molar refractivity (Wildman–Crippen MR) is 71.4 cm³/mol. The van der Waals surface area contributed by atoms with E-state index in [-0.39, 0.29) is 0 Å². The van der Waals surface area contributed by atoms with E-state index in [0.717, 1.165) is 52.0 Å². The van der Waals surface area contributed by atoms with E-state index in [1.165, 1.54) is 25.7 Å². The van der Waals surface area contributed by atoms with Gasteiger partial charge in [0.1, 0.15) is 0 Å². The molecule has 102 valence electrons. The molecule has 1 aliphatic heterocycles. The monoisotopic (exact) mass is 243 g/mol. The molecule has 3 nitrogen and oxygen atoms in total. The lowest BCUT2D eigenvalue weighted by Gasteiger charge is -2.26. The van der Waals surface area contributed by atoms with Crippen molar-refractivity contribution < 1.29 is 9.47 Å². The van der Waals surface area contributed by atoms with E-state index in [1.54, 1.807) is 0 Å². The molecule has 0 spiro atoms. The fourth-order valence-electron chi connectivity index (χ4n) is 2.17. The zero-order chi connectivity index (χ0) is 12.3. The number of hydrogen-bond acceptors (Lipinski definition) is 3. The van der Waals surface area contributed by atoms with Gasteiger partial charge in [0.2, 0.25) is 0 Å². The van der Waals surface area contributed by atoms with Crippen LogP contribution in [0.4, 0.5) is 0 Å². The molecule has 0 aliphatic carbocycles. The van der Waals surface area contributed by atoms with E-state index in [9.17, 15) is 0 Å². The summed E-state index contributed by atoms with van der Waals surface area (Å²) >= 11 is 0. The van der Waals surface area contributed by atoms with Crippen molar-refractivity contribution in [1.82, 2.24) is 4.90 Å². The van der Waals surface area contributed by atoms with Crippen LogP contribution >= 0.6 is 0 Å². The molecule has 0 saturated carbocycles. The third kappa shape index (κ3) is 7.02. The van der Waals surface area contributed by atoms with Gasteiger partial charge in [-0.1, -0.05) is 33.1 Å². The standard InChI is InChI=1S/C14H29NO2/c1-3-5-6-14(4-2)13-17-12-9-15-7-10-16-11-8-15/h14H,3-13H2,1-2H3/t14-/m1/s1. The molecule has 1 atom stereocenters. The van der Waals surface area contributed by atoms with Crippen molar-refractivity contribution in [2.75, 3.05) is 46.1 Å². The average molecular weight is 243 g/mol. The zero-order valence-electron chi connectivity index (χ0n) is 11.6. The molecule has 1 saturated heterocycles. The second kappa shape index (κ2) is 9.86. The Morgan fingerprint density at radius 3 is 2.65 bits per heavy atom. The Bertz CT molecular complexity index is 170. The van der Waals surface area contributed by atoms with Crippen LogP contribution in [-0.2, 0) is 9.47 Å². The maximum atomic E-state index is 5.80. The van der Waals surface area contributed by atoms with Gasteiger partial charge in [0.25, 0.3) is 0 Å². The molecule has 0 amide bonds. The van der Waals surface area contributed by atoms with Crippen LogP contribution in [0.25, 0.3) is 0 Å². The summed E-state index contributed by atoms with van der Waals surface area (Å²) in [5, 5.41) is 0. The van der Waals surface area contributed by atoms with Crippen LogP contribution < -0.4 is 0 Å². The molecule has 1 rings (SSSR count). The summed E-state index contributed by atoms with van der Waals surface area (Å²) in [6.07, 6.45) is 5.21. The van der Waals surface area contributed by atoms with Crippen LogP contribution in [0.3, 0.4) is 0 Å². The fraction of sp³-hybridized carbons (Fsp3) is 1.00. The Labute approximate surface area is 106 Å². The van der Waals surface area contributed by atoms with E-state index >= 15 is 0 Å². The van der Waals surface area contributed by atoms with Crippen molar-refractivity contribution in [2.45, 2.75) is 39.5 Å². The minimum atomic E-state index is 0.764. The van der Waals surface area contributed by atoms with Gasteiger partial charge in [-0.25, -0.2) is 0 Å². The number of rotatable bonds is 9. The molecule has 0 aromatic heterocycles. The topological polar surface area (TPSA) is 21.7 Å². The summed E-state index contributed by atoms with van der Waals surface area (Å²) < 4.78 is 11.1. The van der Waals surface area contributed by atoms with E-state index in [2.05, 4.69) is 18.7 Å². The summed E-state index contributed by atoms with van der Waals surface area (Å²) in [4.78, 5) is 2.43. The van der Waals surface area contributed by atoms with E-state index in [4.69, 9.17) is 9.47 Å². The number of morpholine rings is 1. The van der Waals surface area contributed by atoms with E-state index in [1.807, 2.05) is 0 Å². The minimum Gasteiger partial charge on any atom is -0.380 e. The molecule has 1 aliphatic rings. The largest absolute Gasteiger partial charge is 0.380 e. The molecular weight excluding hydrogens is 214 g/mol. The summed E-state index contributed by atoms with van der Waals surface area (Å²) in [5.74, 6) is 0.764. The van der Waals surface area contributed by atoms with Crippen molar-refractivity contribution in [3.63, 3.8) is 0 Å². The number of hydrogen-bond donors (Lipinski definition) is 0. The molecule has 0 bridgehead atoms. The van der Waals surface area contributed by atoms with Crippen molar-refractivity contribution in [3.05, 3.63) is 0 Å². The van der Waals surface area contributed by atoms with Crippen molar-refractivity contribution in [3.8, 4) is 0 Å². The quantitative estimate of drug-likeness (QED) is 0.581. The number of ether oxygens (including phenoxy) is 2. The molecule has 0 unspecified atom stereocenters. The predicted octanol–water partition coefficient (Wildman–Crippen LogP) is 2.55. The first-order valence-corrected chi connectivity index (χ1v) is 7.24. The van der Waals surface area contributed by atoms with Gasteiger partial charge < -0.3 is 9.47 Å². The highest BCUT2D eigenvalue weighted by molar-refractivity contribution is 4.61. The van der Waals surface area contributed by atoms with Gasteiger partial charge in [-0.2, -0.15) is 0 Å². The lowest BCUT2D eigenvalue weighted by Crippen LogP contribution is -2.38. The molecule has 1 heterocycles. The van der Waals surface area contributed by atoms with Gasteiger partial charge in [0.15, 0.2) is 0 Å². The molecule has 0 N–H and O–H groups in total. The Kier molecular flexibility index (Phi) is 8.67. The highest BCUT2D eigenvalue weighted by Crippen LogP contribution is 2.12. The Balaban J connectivity index is 1.97. The average Bonchev–Trinajstić information content (AvgIpc) is 2.39.